The first-order chi connectivity index (χ1) is 10.8. The summed E-state index contributed by atoms with van der Waals surface area (Å²) in [4.78, 5) is 13.6. The maximum atomic E-state index is 12.1. The zero-order valence-electron chi connectivity index (χ0n) is 13.9. The summed E-state index contributed by atoms with van der Waals surface area (Å²) >= 11 is 0. The molecular weight excluding hydrogens is 294 g/mol. The van der Waals surface area contributed by atoms with Gasteiger partial charge in [-0.3, -0.25) is 0 Å². The van der Waals surface area contributed by atoms with Crippen molar-refractivity contribution in [3.05, 3.63) is 48.0 Å². The molecule has 1 aromatic rings. The van der Waals surface area contributed by atoms with E-state index in [1.165, 1.54) is 4.90 Å². The second kappa shape index (κ2) is 7.62. The lowest BCUT2D eigenvalue weighted by Gasteiger charge is -2.28. The van der Waals surface area contributed by atoms with Crippen molar-refractivity contribution in [1.29, 1.82) is 0 Å². The molecule has 1 heterocycles. The van der Waals surface area contributed by atoms with E-state index in [9.17, 15) is 9.90 Å². The predicted octanol–water partition coefficient (Wildman–Crippen LogP) is 2.74. The van der Waals surface area contributed by atoms with Gasteiger partial charge >= 0.3 is 6.09 Å². The molecule has 0 spiro atoms. The number of aliphatic hydroxyl groups excluding tert-OH is 1. The minimum absolute atomic E-state index is 0.182. The molecule has 1 amide bonds. The summed E-state index contributed by atoms with van der Waals surface area (Å²) in [6.45, 7) is 6.46. The molecule has 5 nitrogen and oxygen atoms in total. The molecule has 0 saturated heterocycles. The number of rotatable bonds is 3. The summed E-state index contributed by atoms with van der Waals surface area (Å²) in [5, 5.41) is 10.3. The molecule has 0 aromatic heterocycles. The highest BCUT2D eigenvalue weighted by molar-refractivity contribution is 5.68. The molecule has 0 fully saturated rings. The summed E-state index contributed by atoms with van der Waals surface area (Å²) in [6, 6.07) is 9.78. The first kappa shape index (κ1) is 17.5. The smallest absolute Gasteiger partial charge is 0.410 e. The topological polar surface area (TPSA) is 59.0 Å². The minimum Gasteiger partial charge on any atom is -0.444 e. The van der Waals surface area contributed by atoms with Crippen LogP contribution in [0.5, 0.6) is 0 Å². The van der Waals surface area contributed by atoms with E-state index in [0.717, 1.165) is 5.56 Å². The van der Waals surface area contributed by atoms with Gasteiger partial charge in [0, 0.05) is 6.54 Å². The maximum Gasteiger partial charge on any atom is 0.410 e. The van der Waals surface area contributed by atoms with Gasteiger partial charge in [0.1, 0.15) is 17.8 Å². The van der Waals surface area contributed by atoms with E-state index in [1.807, 2.05) is 57.2 Å². The second-order valence-corrected chi connectivity index (χ2v) is 6.64. The van der Waals surface area contributed by atoms with Crippen LogP contribution >= 0.6 is 0 Å². The van der Waals surface area contributed by atoms with Crippen LogP contribution in [0.1, 0.15) is 26.3 Å². The minimum atomic E-state index is -0.787. The molecule has 0 bridgehead atoms. The Hall–Kier alpha value is -1.85. The van der Waals surface area contributed by atoms with Crippen molar-refractivity contribution in [2.45, 2.75) is 45.2 Å². The fraction of sp³-hybridized carbons (Fsp3) is 0.500. The molecule has 0 radical (unpaired) electrons. The van der Waals surface area contributed by atoms with Crippen LogP contribution in [0.25, 0.3) is 0 Å². The van der Waals surface area contributed by atoms with Gasteiger partial charge in [0.25, 0.3) is 0 Å². The van der Waals surface area contributed by atoms with E-state index in [4.69, 9.17) is 9.47 Å². The van der Waals surface area contributed by atoms with E-state index in [0.29, 0.717) is 13.2 Å². The van der Waals surface area contributed by atoms with Gasteiger partial charge in [-0.25, -0.2) is 4.79 Å². The Morgan fingerprint density at radius 2 is 2.00 bits per heavy atom. The molecule has 2 rings (SSSR count). The Labute approximate surface area is 137 Å². The Bertz CT molecular complexity index is 536. The zero-order chi connectivity index (χ0) is 16.9. The summed E-state index contributed by atoms with van der Waals surface area (Å²) in [5.74, 6) is 0. The van der Waals surface area contributed by atoms with Crippen molar-refractivity contribution >= 4 is 6.09 Å². The van der Waals surface area contributed by atoms with Gasteiger partial charge in [-0.15, -0.1) is 0 Å². The first-order valence-electron chi connectivity index (χ1n) is 7.83. The molecule has 2 atom stereocenters. The van der Waals surface area contributed by atoms with Crippen LogP contribution in [-0.4, -0.2) is 47.0 Å². The van der Waals surface area contributed by atoms with E-state index >= 15 is 0 Å². The highest BCUT2D eigenvalue weighted by atomic mass is 16.6. The summed E-state index contributed by atoms with van der Waals surface area (Å²) < 4.78 is 11.1. The Kier molecular flexibility index (Phi) is 5.80. The van der Waals surface area contributed by atoms with Crippen molar-refractivity contribution in [1.82, 2.24) is 4.90 Å². The molecule has 0 aliphatic carbocycles. The molecule has 1 aromatic carbocycles. The number of amides is 1. The van der Waals surface area contributed by atoms with Crippen LogP contribution in [0.2, 0.25) is 0 Å². The number of β-amino-alcohol motifs (C(OH)–C–C–N with tert-alkyl or cyclic N) is 1. The highest BCUT2D eigenvalue weighted by Gasteiger charge is 2.28. The largest absolute Gasteiger partial charge is 0.444 e. The fourth-order valence-electron chi connectivity index (χ4n) is 2.26. The van der Waals surface area contributed by atoms with Gasteiger partial charge in [0.2, 0.25) is 0 Å². The molecule has 23 heavy (non-hydrogen) atoms. The van der Waals surface area contributed by atoms with Gasteiger partial charge in [-0.2, -0.15) is 0 Å². The predicted molar refractivity (Wildman–Crippen MR) is 88.0 cm³/mol. The van der Waals surface area contributed by atoms with Gasteiger partial charge in [-0.05, 0) is 26.3 Å². The van der Waals surface area contributed by atoms with Crippen LogP contribution in [0.15, 0.2) is 42.5 Å². The van der Waals surface area contributed by atoms with E-state index in [-0.39, 0.29) is 6.54 Å². The van der Waals surface area contributed by atoms with Gasteiger partial charge in [0.15, 0.2) is 0 Å². The molecule has 2 unspecified atom stereocenters. The number of hydrogen-bond donors (Lipinski definition) is 1. The first-order valence-corrected chi connectivity index (χ1v) is 7.83. The van der Waals surface area contributed by atoms with Crippen molar-refractivity contribution in [2.75, 3.05) is 13.1 Å². The lowest BCUT2D eigenvalue weighted by molar-refractivity contribution is -0.0325. The molecule has 1 aliphatic rings. The number of aliphatic hydroxyl groups is 1. The molecule has 5 heteroatoms. The van der Waals surface area contributed by atoms with Crippen LogP contribution in [0.4, 0.5) is 4.79 Å². The number of hydrogen-bond acceptors (Lipinski definition) is 4. The normalized spacial score (nSPS) is 21.8. The van der Waals surface area contributed by atoms with Crippen molar-refractivity contribution in [3.8, 4) is 0 Å². The van der Waals surface area contributed by atoms with Crippen molar-refractivity contribution < 1.29 is 19.4 Å². The molecule has 126 valence electrons. The Morgan fingerprint density at radius 1 is 1.30 bits per heavy atom. The molecule has 0 saturated carbocycles. The maximum absolute atomic E-state index is 12.1. The summed E-state index contributed by atoms with van der Waals surface area (Å²) in [7, 11) is 0. The lowest BCUT2D eigenvalue weighted by Crippen LogP contribution is -2.43. The number of benzene rings is 1. The third kappa shape index (κ3) is 5.69. The van der Waals surface area contributed by atoms with Crippen LogP contribution in [-0.2, 0) is 16.1 Å². The van der Waals surface area contributed by atoms with E-state index in [1.54, 1.807) is 6.08 Å². The third-order valence-corrected chi connectivity index (χ3v) is 3.38. The second-order valence-electron chi connectivity index (χ2n) is 6.64. The van der Waals surface area contributed by atoms with Crippen LogP contribution < -0.4 is 0 Å². The van der Waals surface area contributed by atoms with Gasteiger partial charge in [0.05, 0.1) is 13.2 Å². The fourth-order valence-corrected chi connectivity index (χ4v) is 2.26. The number of nitrogens with zero attached hydrogens (tertiary/aromatic N) is 1. The SMILES string of the molecule is CC(C)(C)OC(=O)N1CC=CC(OCc2ccccc2)C(O)C1. The lowest BCUT2D eigenvalue weighted by atomic mass is 10.2. The van der Waals surface area contributed by atoms with E-state index in [2.05, 4.69) is 0 Å². The average molecular weight is 319 g/mol. The van der Waals surface area contributed by atoms with E-state index < -0.39 is 23.9 Å². The Balaban J connectivity index is 1.90. The van der Waals surface area contributed by atoms with Gasteiger partial charge in [-0.1, -0.05) is 42.5 Å². The number of carbonyl (C=O) groups excluding carboxylic acids is 1. The monoisotopic (exact) mass is 319 g/mol. The quantitative estimate of drug-likeness (QED) is 0.870. The van der Waals surface area contributed by atoms with Crippen molar-refractivity contribution in [2.24, 2.45) is 0 Å². The van der Waals surface area contributed by atoms with Crippen LogP contribution in [0.3, 0.4) is 0 Å². The van der Waals surface area contributed by atoms with Gasteiger partial charge < -0.3 is 19.5 Å². The number of carbonyl (C=O) groups is 1. The summed E-state index contributed by atoms with van der Waals surface area (Å²) in [6.07, 6.45) is 1.98. The van der Waals surface area contributed by atoms with Crippen LogP contribution in [0, 0.1) is 0 Å². The average Bonchev–Trinajstić information content (AvgIpc) is 2.66. The van der Waals surface area contributed by atoms with Crippen molar-refractivity contribution in [3.63, 3.8) is 0 Å². The highest BCUT2D eigenvalue weighted by Crippen LogP contribution is 2.15. The molecule has 1 N–H and O–H groups in total. The summed E-state index contributed by atoms with van der Waals surface area (Å²) in [5.41, 5.74) is 0.489. The third-order valence-electron chi connectivity index (χ3n) is 3.38. The molecule has 1 aliphatic heterocycles. The molecular formula is C18H25NO4. The number of ether oxygens (including phenoxy) is 2. The standard InChI is InChI=1S/C18H25NO4/c1-18(2,3)23-17(21)19-11-7-10-16(15(20)12-19)22-13-14-8-5-4-6-9-14/h4-10,15-16,20H,11-13H2,1-3H3. The zero-order valence-corrected chi connectivity index (χ0v) is 13.9. The Morgan fingerprint density at radius 3 is 2.65 bits per heavy atom.